The van der Waals surface area contributed by atoms with Gasteiger partial charge in [-0.15, -0.1) is 0 Å². The van der Waals surface area contributed by atoms with E-state index in [0.717, 1.165) is 16.8 Å². The minimum absolute atomic E-state index is 0.379. The van der Waals surface area contributed by atoms with Gasteiger partial charge in [-0.05, 0) is 19.1 Å². The second kappa shape index (κ2) is 5.96. The Morgan fingerprint density at radius 2 is 2.25 bits per heavy atom. The van der Waals surface area contributed by atoms with Crippen molar-refractivity contribution in [3.8, 4) is 0 Å². The number of aryl methyl sites for hydroxylation is 1. The summed E-state index contributed by atoms with van der Waals surface area (Å²) >= 11 is 4.99. The van der Waals surface area contributed by atoms with Crippen molar-refractivity contribution in [1.29, 1.82) is 0 Å². The van der Waals surface area contributed by atoms with Gasteiger partial charge in [0.15, 0.2) is 0 Å². The first kappa shape index (κ1) is 13.1. The molecule has 1 aromatic carbocycles. The Balaban J connectivity index is 2.78. The molecule has 0 bridgehead atoms. The first-order valence-corrected chi connectivity index (χ1v) is 7.08. The summed E-state index contributed by atoms with van der Waals surface area (Å²) in [5, 5.41) is 3.19. The Morgan fingerprint density at radius 3 is 2.81 bits per heavy atom. The van der Waals surface area contributed by atoms with Crippen LogP contribution in [0.2, 0.25) is 0 Å². The van der Waals surface area contributed by atoms with E-state index in [0.29, 0.717) is 17.3 Å². The van der Waals surface area contributed by atoms with Gasteiger partial charge in [0.2, 0.25) is 0 Å². The maximum atomic E-state index is 10.9. The van der Waals surface area contributed by atoms with Crippen LogP contribution in [-0.2, 0) is 10.8 Å². The number of rotatable bonds is 5. The molecule has 3 nitrogen and oxygen atoms in total. The fraction of sp³-hybridized carbons (Fsp3) is 0.364. The van der Waals surface area contributed by atoms with Gasteiger partial charge in [-0.2, -0.15) is 0 Å². The molecule has 1 unspecified atom stereocenters. The topological polar surface area (TPSA) is 55.1 Å². The average Bonchev–Trinajstić information content (AvgIpc) is 2.19. The summed E-state index contributed by atoms with van der Waals surface area (Å²) in [5.41, 5.74) is 8.51. The van der Waals surface area contributed by atoms with Gasteiger partial charge < -0.3 is 11.1 Å². The fourth-order valence-corrected chi connectivity index (χ4v) is 1.90. The molecule has 0 aliphatic rings. The Morgan fingerprint density at radius 1 is 1.56 bits per heavy atom. The third-order valence-corrected chi connectivity index (χ3v) is 3.14. The molecule has 0 aliphatic carbocycles. The van der Waals surface area contributed by atoms with E-state index < -0.39 is 10.8 Å². The molecule has 0 fully saturated rings. The van der Waals surface area contributed by atoms with Crippen molar-refractivity contribution in [3.63, 3.8) is 0 Å². The number of thiocarbonyl (C=S) groups is 1. The van der Waals surface area contributed by atoms with Crippen LogP contribution in [0.15, 0.2) is 18.2 Å². The quantitative estimate of drug-likeness (QED) is 0.782. The van der Waals surface area contributed by atoms with Crippen molar-refractivity contribution in [3.05, 3.63) is 29.3 Å². The number of benzene rings is 1. The molecule has 5 heteroatoms. The first-order chi connectivity index (χ1) is 7.50. The predicted octanol–water partition coefficient (Wildman–Crippen LogP) is 1.42. The second-order valence-electron chi connectivity index (χ2n) is 3.62. The highest BCUT2D eigenvalue weighted by atomic mass is 32.2. The van der Waals surface area contributed by atoms with E-state index in [1.165, 1.54) is 0 Å². The second-order valence-corrected chi connectivity index (χ2v) is 5.61. The molecular weight excluding hydrogens is 240 g/mol. The van der Waals surface area contributed by atoms with Crippen LogP contribution in [-0.4, -0.2) is 27.8 Å². The summed E-state index contributed by atoms with van der Waals surface area (Å²) in [5.74, 6) is 0.616. The van der Waals surface area contributed by atoms with Crippen LogP contribution in [0.4, 0.5) is 5.69 Å². The van der Waals surface area contributed by atoms with Crippen LogP contribution in [0, 0.1) is 6.92 Å². The van der Waals surface area contributed by atoms with Crippen molar-refractivity contribution in [1.82, 2.24) is 0 Å². The van der Waals surface area contributed by atoms with Gasteiger partial charge in [-0.25, -0.2) is 0 Å². The van der Waals surface area contributed by atoms with Crippen molar-refractivity contribution in [2.24, 2.45) is 5.73 Å². The van der Waals surface area contributed by atoms with Gasteiger partial charge in [0.1, 0.15) is 4.99 Å². The average molecular weight is 256 g/mol. The van der Waals surface area contributed by atoms with E-state index in [1.54, 1.807) is 6.26 Å². The predicted molar refractivity (Wildman–Crippen MR) is 74.5 cm³/mol. The molecule has 0 aliphatic heterocycles. The van der Waals surface area contributed by atoms with E-state index in [-0.39, 0.29) is 0 Å². The highest BCUT2D eigenvalue weighted by Crippen LogP contribution is 2.16. The number of hydrogen-bond acceptors (Lipinski definition) is 3. The minimum Gasteiger partial charge on any atom is -0.389 e. The summed E-state index contributed by atoms with van der Waals surface area (Å²) in [6.07, 6.45) is 1.69. The van der Waals surface area contributed by atoms with Crippen molar-refractivity contribution in [2.45, 2.75) is 6.92 Å². The summed E-state index contributed by atoms with van der Waals surface area (Å²) in [4.78, 5) is 0.379. The molecule has 88 valence electrons. The zero-order valence-corrected chi connectivity index (χ0v) is 11.1. The molecule has 0 radical (unpaired) electrons. The molecule has 0 heterocycles. The summed E-state index contributed by atoms with van der Waals surface area (Å²) in [6.45, 7) is 2.65. The molecule has 0 aromatic heterocycles. The molecule has 1 aromatic rings. The zero-order chi connectivity index (χ0) is 12.1. The van der Waals surface area contributed by atoms with E-state index in [2.05, 4.69) is 5.32 Å². The standard InChI is InChI=1S/C11H16N2OS2/c1-8-3-4-10(9(7-8)11(12)15)13-5-6-16(2)14/h3-4,7,13H,5-6H2,1-2H3,(H2,12,15). The van der Waals surface area contributed by atoms with Gasteiger partial charge in [0.25, 0.3) is 0 Å². The van der Waals surface area contributed by atoms with Crippen molar-refractivity contribution in [2.75, 3.05) is 23.9 Å². The zero-order valence-electron chi connectivity index (χ0n) is 9.45. The summed E-state index contributed by atoms with van der Waals surface area (Å²) in [6, 6.07) is 5.89. The Bertz CT molecular complexity index is 418. The molecule has 0 amide bonds. The number of nitrogens with two attached hydrogens (primary N) is 1. The lowest BCUT2D eigenvalue weighted by atomic mass is 10.1. The molecular formula is C11H16N2OS2. The number of anilines is 1. The maximum Gasteiger partial charge on any atom is 0.106 e. The molecule has 3 N–H and O–H groups in total. The number of hydrogen-bond donors (Lipinski definition) is 2. The van der Waals surface area contributed by atoms with E-state index >= 15 is 0 Å². The van der Waals surface area contributed by atoms with Crippen molar-refractivity contribution >= 4 is 33.7 Å². The Labute approximate surface area is 104 Å². The SMILES string of the molecule is Cc1ccc(NCCS(C)=O)c(C(N)=S)c1. The van der Waals surface area contributed by atoms with Gasteiger partial charge in [-0.3, -0.25) is 4.21 Å². The summed E-state index contributed by atoms with van der Waals surface area (Å²) in [7, 11) is -0.788. The minimum atomic E-state index is -0.788. The highest BCUT2D eigenvalue weighted by molar-refractivity contribution is 7.84. The van der Waals surface area contributed by atoms with Crippen LogP contribution in [0.1, 0.15) is 11.1 Å². The van der Waals surface area contributed by atoms with Crippen LogP contribution in [0.25, 0.3) is 0 Å². The Kier molecular flexibility index (Phi) is 4.89. The molecule has 0 saturated carbocycles. The van der Waals surface area contributed by atoms with E-state index in [4.69, 9.17) is 18.0 Å². The van der Waals surface area contributed by atoms with Gasteiger partial charge in [0, 0.05) is 40.6 Å². The van der Waals surface area contributed by atoms with Crippen LogP contribution >= 0.6 is 12.2 Å². The maximum absolute atomic E-state index is 10.9. The van der Waals surface area contributed by atoms with Crippen molar-refractivity contribution < 1.29 is 4.21 Å². The lowest BCUT2D eigenvalue weighted by Gasteiger charge is -2.11. The molecule has 0 spiro atoms. The normalized spacial score (nSPS) is 12.1. The van der Waals surface area contributed by atoms with E-state index in [1.807, 2.05) is 25.1 Å². The molecule has 1 atom stereocenters. The van der Waals surface area contributed by atoms with Crippen LogP contribution in [0.5, 0.6) is 0 Å². The van der Waals surface area contributed by atoms with E-state index in [9.17, 15) is 4.21 Å². The fourth-order valence-electron chi connectivity index (χ4n) is 1.35. The molecule has 0 saturated heterocycles. The summed E-state index contributed by atoms with van der Waals surface area (Å²) < 4.78 is 10.9. The largest absolute Gasteiger partial charge is 0.389 e. The third kappa shape index (κ3) is 3.90. The van der Waals surface area contributed by atoms with Gasteiger partial charge in [-0.1, -0.05) is 23.8 Å². The Hall–Kier alpha value is -0.940. The van der Waals surface area contributed by atoms with Crippen LogP contribution in [0.3, 0.4) is 0 Å². The van der Waals surface area contributed by atoms with Crippen LogP contribution < -0.4 is 11.1 Å². The smallest absolute Gasteiger partial charge is 0.106 e. The highest BCUT2D eigenvalue weighted by Gasteiger charge is 2.05. The third-order valence-electron chi connectivity index (χ3n) is 2.15. The first-order valence-electron chi connectivity index (χ1n) is 4.95. The lowest BCUT2D eigenvalue weighted by Crippen LogP contribution is -2.16. The lowest BCUT2D eigenvalue weighted by molar-refractivity contribution is 0.687. The number of nitrogens with one attached hydrogen (secondary N) is 1. The van der Waals surface area contributed by atoms with Gasteiger partial charge in [0.05, 0.1) is 0 Å². The molecule has 16 heavy (non-hydrogen) atoms. The van der Waals surface area contributed by atoms with Gasteiger partial charge >= 0.3 is 0 Å². The monoisotopic (exact) mass is 256 g/mol. The molecule has 1 rings (SSSR count).